The van der Waals surface area contributed by atoms with Crippen LogP contribution in [0.1, 0.15) is 26.6 Å². The highest BCUT2D eigenvalue weighted by Crippen LogP contribution is 2.14. The first-order valence-corrected chi connectivity index (χ1v) is 6.04. The maximum absolute atomic E-state index is 11.9. The van der Waals surface area contributed by atoms with Crippen LogP contribution in [0.3, 0.4) is 0 Å². The van der Waals surface area contributed by atoms with Gasteiger partial charge in [-0.3, -0.25) is 9.59 Å². The molecule has 0 unspecified atom stereocenters. The highest BCUT2D eigenvalue weighted by atomic mass is 16.5. The van der Waals surface area contributed by atoms with Gasteiger partial charge in [-0.15, -0.1) is 0 Å². The Morgan fingerprint density at radius 1 is 1.25 bits per heavy atom. The number of amides is 2. The zero-order valence-electron chi connectivity index (χ0n) is 11.5. The molecule has 2 amide bonds. The minimum absolute atomic E-state index is 0.128. The molecule has 2 aromatic rings. The van der Waals surface area contributed by atoms with Crippen molar-refractivity contribution in [2.75, 3.05) is 19.4 Å². The Balaban J connectivity index is 2.16. The third-order valence-electron chi connectivity index (χ3n) is 2.63. The minimum atomic E-state index is -0.403. The van der Waals surface area contributed by atoms with Crippen LogP contribution < -0.4 is 5.32 Å². The molecular weight excluding hydrogens is 258 g/mol. The second-order valence-electron chi connectivity index (χ2n) is 4.57. The Morgan fingerprint density at radius 2 is 2.00 bits per heavy atom. The molecule has 1 aromatic carbocycles. The summed E-state index contributed by atoms with van der Waals surface area (Å²) in [5.74, 6) is -0.400. The quantitative estimate of drug-likeness (QED) is 0.927. The molecule has 0 radical (unpaired) electrons. The van der Waals surface area contributed by atoms with Crippen molar-refractivity contribution in [3.05, 3.63) is 47.3 Å². The highest BCUT2D eigenvalue weighted by Gasteiger charge is 2.13. The van der Waals surface area contributed by atoms with Gasteiger partial charge in [-0.05, 0) is 25.1 Å². The number of nitrogens with one attached hydrogen (secondary N) is 1. The average Bonchev–Trinajstić information content (AvgIpc) is 2.85. The summed E-state index contributed by atoms with van der Waals surface area (Å²) in [4.78, 5) is 25.2. The predicted octanol–water partition coefficient (Wildman–Crippen LogP) is 1.94. The summed E-state index contributed by atoms with van der Waals surface area (Å²) in [5, 5.41) is 6.31. The first-order chi connectivity index (χ1) is 9.47. The average molecular weight is 273 g/mol. The summed E-state index contributed by atoms with van der Waals surface area (Å²) in [6, 6.07) is 8.26. The lowest BCUT2D eigenvalue weighted by Gasteiger charge is -2.11. The van der Waals surface area contributed by atoms with Crippen molar-refractivity contribution in [2.24, 2.45) is 0 Å². The second-order valence-corrected chi connectivity index (χ2v) is 4.57. The molecule has 104 valence electrons. The van der Waals surface area contributed by atoms with E-state index < -0.39 is 5.91 Å². The maximum atomic E-state index is 11.9. The Morgan fingerprint density at radius 3 is 2.60 bits per heavy atom. The van der Waals surface area contributed by atoms with E-state index >= 15 is 0 Å². The molecule has 1 aromatic heterocycles. The summed E-state index contributed by atoms with van der Waals surface area (Å²) in [6.07, 6.45) is 0. The topological polar surface area (TPSA) is 75.4 Å². The number of hydrogen-bond acceptors (Lipinski definition) is 4. The Bertz CT molecular complexity index is 647. The third kappa shape index (κ3) is 3.03. The second kappa shape index (κ2) is 5.56. The molecule has 0 aliphatic heterocycles. The van der Waals surface area contributed by atoms with Gasteiger partial charge in [-0.25, -0.2) is 0 Å². The molecule has 1 N–H and O–H groups in total. The molecule has 6 heteroatoms. The van der Waals surface area contributed by atoms with Gasteiger partial charge >= 0.3 is 0 Å². The number of anilines is 1. The summed E-state index contributed by atoms with van der Waals surface area (Å²) in [7, 11) is 3.34. The SMILES string of the molecule is Cc1cc(C(=O)Nc2cccc(C(=O)N(C)C)c2)on1. The molecule has 1 heterocycles. The van der Waals surface area contributed by atoms with Gasteiger partial charge in [-0.2, -0.15) is 0 Å². The van der Waals surface area contributed by atoms with Crippen molar-refractivity contribution in [1.82, 2.24) is 10.1 Å². The monoisotopic (exact) mass is 273 g/mol. The van der Waals surface area contributed by atoms with Crippen LogP contribution in [0.2, 0.25) is 0 Å². The van der Waals surface area contributed by atoms with E-state index in [0.717, 1.165) is 0 Å². The van der Waals surface area contributed by atoms with Gasteiger partial charge in [0.15, 0.2) is 0 Å². The van der Waals surface area contributed by atoms with E-state index in [0.29, 0.717) is 16.9 Å². The van der Waals surface area contributed by atoms with Crippen LogP contribution in [0.5, 0.6) is 0 Å². The number of aromatic nitrogens is 1. The standard InChI is InChI=1S/C14H15N3O3/c1-9-7-12(20-16-9)13(18)15-11-6-4-5-10(8-11)14(19)17(2)3/h4-8H,1-3H3,(H,15,18). The van der Waals surface area contributed by atoms with Crippen LogP contribution in [-0.2, 0) is 0 Å². The first kappa shape index (κ1) is 13.8. The van der Waals surface area contributed by atoms with Gasteiger partial charge in [0, 0.05) is 31.4 Å². The first-order valence-electron chi connectivity index (χ1n) is 6.04. The van der Waals surface area contributed by atoms with Gasteiger partial charge < -0.3 is 14.7 Å². The van der Waals surface area contributed by atoms with Crippen molar-refractivity contribution in [3.8, 4) is 0 Å². The largest absolute Gasteiger partial charge is 0.351 e. The zero-order valence-corrected chi connectivity index (χ0v) is 11.5. The number of rotatable bonds is 3. The summed E-state index contributed by atoms with van der Waals surface area (Å²) in [6.45, 7) is 1.73. The van der Waals surface area contributed by atoms with Crippen LogP contribution in [-0.4, -0.2) is 36.0 Å². The van der Waals surface area contributed by atoms with Gasteiger partial charge in [0.2, 0.25) is 5.76 Å². The summed E-state index contributed by atoms with van der Waals surface area (Å²) >= 11 is 0. The molecule has 6 nitrogen and oxygen atoms in total. The fraction of sp³-hybridized carbons (Fsp3) is 0.214. The molecule has 0 bridgehead atoms. The maximum Gasteiger partial charge on any atom is 0.294 e. The van der Waals surface area contributed by atoms with Gasteiger partial charge in [0.1, 0.15) is 0 Å². The minimum Gasteiger partial charge on any atom is -0.351 e. The van der Waals surface area contributed by atoms with Crippen molar-refractivity contribution in [3.63, 3.8) is 0 Å². The highest BCUT2D eigenvalue weighted by molar-refractivity contribution is 6.03. The Hall–Kier alpha value is -2.63. The van der Waals surface area contributed by atoms with Crippen LogP contribution in [0.25, 0.3) is 0 Å². The molecule has 0 atom stereocenters. The van der Waals surface area contributed by atoms with E-state index in [1.165, 1.54) is 4.90 Å². The number of nitrogens with zero attached hydrogens (tertiary/aromatic N) is 2. The summed E-state index contributed by atoms with van der Waals surface area (Å²) in [5.41, 5.74) is 1.66. The Kier molecular flexibility index (Phi) is 3.84. The number of carbonyl (C=O) groups is 2. The fourth-order valence-corrected chi connectivity index (χ4v) is 1.65. The predicted molar refractivity (Wildman–Crippen MR) is 73.7 cm³/mol. The van der Waals surface area contributed by atoms with E-state index in [2.05, 4.69) is 10.5 Å². The molecule has 0 saturated heterocycles. The number of hydrogen-bond donors (Lipinski definition) is 1. The number of carbonyl (C=O) groups excluding carboxylic acids is 2. The fourth-order valence-electron chi connectivity index (χ4n) is 1.65. The lowest BCUT2D eigenvalue weighted by atomic mass is 10.2. The van der Waals surface area contributed by atoms with E-state index in [1.54, 1.807) is 51.4 Å². The Labute approximate surface area is 116 Å². The van der Waals surface area contributed by atoms with E-state index in [9.17, 15) is 9.59 Å². The van der Waals surface area contributed by atoms with E-state index in [-0.39, 0.29) is 11.7 Å². The normalized spacial score (nSPS) is 10.2. The zero-order chi connectivity index (χ0) is 14.7. The van der Waals surface area contributed by atoms with Crippen LogP contribution in [0, 0.1) is 6.92 Å². The molecule has 0 aliphatic carbocycles. The van der Waals surface area contributed by atoms with Gasteiger partial charge in [-0.1, -0.05) is 11.2 Å². The van der Waals surface area contributed by atoms with Crippen molar-refractivity contribution in [1.29, 1.82) is 0 Å². The van der Waals surface area contributed by atoms with Crippen LogP contribution in [0.4, 0.5) is 5.69 Å². The smallest absolute Gasteiger partial charge is 0.294 e. The van der Waals surface area contributed by atoms with Crippen molar-refractivity contribution in [2.45, 2.75) is 6.92 Å². The van der Waals surface area contributed by atoms with Crippen LogP contribution in [0.15, 0.2) is 34.9 Å². The van der Waals surface area contributed by atoms with E-state index in [4.69, 9.17) is 4.52 Å². The molecule has 2 rings (SSSR count). The summed E-state index contributed by atoms with van der Waals surface area (Å²) < 4.78 is 4.88. The van der Waals surface area contributed by atoms with Crippen molar-refractivity contribution < 1.29 is 14.1 Å². The number of benzene rings is 1. The lowest BCUT2D eigenvalue weighted by Crippen LogP contribution is -2.21. The molecular formula is C14H15N3O3. The van der Waals surface area contributed by atoms with Gasteiger partial charge in [0.05, 0.1) is 5.69 Å². The lowest BCUT2D eigenvalue weighted by molar-refractivity contribution is 0.0827. The van der Waals surface area contributed by atoms with Gasteiger partial charge in [0.25, 0.3) is 11.8 Å². The molecule has 20 heavy (non-hydrogen) atoms. The van der Waals surface area contributed by atoms with E-state index in [1.807, 2.05) is 0 Å². The number of aryl methyl sites for hydroxylation is 1. The molecule has 0 saturated carbocycles. The molecule has 0 spiro atoms. The molecule has 0 fully saturated rings. The van der Waals surface area contributed by atoms with Crippen LogP contribution >= 0.6 is 0 Å². The van der Waals surface area contributed by atoms with Crippen molar-refractivity contribution >= 4 is 17.5 Å². The third-order valence-corrected chi connectivity index (χ3v) is 2.63. The molecule has 0 aliphatic rings.